The molecule has 3 N–H and O–H groups in total. The first-order valence-electron chi connectivity index (χ1n) is 3.08. The van der Waals surface area contributed by atoms with Crippen LogP contribution < -0.4 is 5.32 Å². The fourth-order valence-electron chi connectivity index (χ4n) is 0.865. The monoisotopic (exact) mass is 146 g/mol. The Morgan fingerprint density at radius 3 is 2.70 bits per heavy atom. The van der Waals surface area contributed by atoms with Gasteiger partial charge >= 0.3 is 0 Å². The van der Waals surface area contributed by atoms with Crippen LogP contribution in [0.15, 0.2) is 0 Å². The molecule has 0 saturated carbocycles. The van der Waals surface area contributed by atoms with Gasteiger partial charge in [0, 0.05) is 13.1 Å². The van der Waals surface area contributed by atoms with Crippen LogP contribution in [0.5, 0.6) is 0 Å². The Bertz CT molecular complexity index is 137. The van der Waals surface area contributed by atoms with Crippen molar-refractivity contribution in [3.63, 3.8) is 0 Å². The van der Waals surface area contributed by atoms with Gasteiger partial charge < -0.3 is 15.5 Å². The molecular formula is C5H10N2O3. The van der Waals surface area contributed by atoms with E-state index >= 15 is 0 Å². The summed E-state index contributed by atoms with van der Waals surface area (Å²) in [6.45, 7) is 1.16. The molecule has 0 bridgehead atoms. The van der Waals surface area contributed by atoms with Gasteiger partial charge in [-0.2, -0.15) is 0 Å². The van der Waals surface area contributed by atoms with Crippen LogP contribution in [0.2, 0.25) is 0 Å². The zero-order valence-corrected chi connectivity index (χ0v) is 5.45. The summed E-state index contributed by atoms with van der Waals surface area (Å²) in [5, 5.41) is 20.0. The summed E-state index contributed by atoms with van der Waals surface area (Å²) in [5.74, 6) is -0.277. The molecule has 1 aliphatic heterocycles. The van der Waals surface area contributed by atoms with E-state index in [1.807, 2.05) is 0 Å². The van der Waals surface area contributed by atoms with Crippen molar-refractivity contribution in [1.29, 1.82) is 0 Å². The van der Waals surface area contributed by atoms with Crippen molar-refractivity contribution >= 4 is 5.91 Å². The van der Waals surface area contributed by atoms with Gasteiger partial charge in [-0.15, -0.1) is 0 Å². The first-order valence-corrected chi connectivity index (χ1v) is 3.08. The first-order chi connectivity index (χ1) is 4.72. The Morgan fingerprint density at radius 2 is 2.30 bits per heavy atom. The van der Waals surface area contributed by atoms with Gasteiger partial charge in [-0.1, -0.05) is 0 Å². The van der Waals surface area contributed by atoms with Gasteiger partial charge in [0.2, 0.25) is 12.3 Å². The number of aliphatic hydroxyl groups excluding tert-OH is 1. The number of hydrogen-bond donors (Lipinski definition) is 3. The third-order valence-electron chi connectivity index (χ3n) is 1.40. The second-order valence-corrected chi connectivity index (χ2v) is 2.11. The van der Waals surface area contributed by atoms with Crippen LogP contribution in [0.3, 0.4) is 0 Å². The van der Waals surface area contributed by atoms with E-state index in [1.165, 1.54) is 0 Å². The van der Waals surface area contributed by atoms with Crippen LogP contribution in [-0.4, -0.2) is 47.1 Å². The number of aliphatic hydroxyl groups is 2. The highest BCUT2D eigenvalue weighted by Gasteiger charge is 2.21. The molecule has 1 fully saturated rings. The lowest BCUT2D eigenvalue weighted by atomic mass is 10.4. The molecule has 0 radical (unpaired) electrons. The van der Waals surface area contributed by atoms with E-state index in [0.29, 0.717) is 13.1 Å². The first kappa shape index (κ1) is 7.46. The second kappa shape index (κ2) is 2.96. The molecule has 0 atom stereocenters. The van der Waals surface area contributed by atoms with Gasteiger partial charge in [0.15, 0.2) is 0 Å². The van der Waals surface area contributed by atoms with Gasteiger partial charge in [-0.25, -0.2) is 0 Å². The highest BCUT2D eigenvalue weighted by atomic mass is 16.5. The van der Waals surface area contributed by atoms with E-state index in [0.717, 1.165) is 4.90 Å². The minimum atomic E-state index is -1.64. The minimum absolute atomic E-state index is 0.192. The molecule has 0 aromatic heterocycles. The average Bonchev–Trinajstić information content (AvgIpc) is 1.88. The molecule has 5 nitrogen and oxygen atoms in total. The fourth-order valence-corrected chi connectivity index (χ4v) is 0.865. The lowest BCUT2D eigenvalue weighted by Gasteiger charge is -2.28. The van der Waals surface area contributed by atoms with Gasteiger partial charge in [0.25, 0.3) is 0 Å². The van der Waals surface area contributed by atoms with Crippen molar-refractivity contribution in [2.24, 2.45) is 0 Å². The molecule has 10 heavy (non-hydrogen) atoms. The molecule has 0 unspecified atom stereocenters. The minimum Gasteiger partial charge on any atom is -0.351 e. The normalized spacial score (nSPS) is 20.3. The number of hydrogen-bond acceptors (Lipinski definition) is 4. The third kappa shape index (κ3) is 1.44. The van der Waals surface area contributed by atoms with Crippen LogP contribution in [0.4, 0.5) is 0 Å². The molecule has 1 aliphatic rings. The van der Waals surface area contributed by atoms with E-state index in [4.69, 9.17) is 10.2 Å². The number of nitrogens with zero attached hydrogens (tertiary/aromatic N) is 1. The Hall–Kier alpha value is -0.650. The summed E-state index contributed by atoms with van der Waals surface area (Å²) in [6.07, 6.45) is -1.64. The molecule has 5 heteroatoms. The van der Waals surface area contributed by atoms with Gasteiger partial charge in [-0.3, -0.25) is 9.69 Å². The predicted molar refractivity (Wildman–Crippen MR) is 32.8 cm³/mol. The van der Waals surface area contributed by atoms with Gasteiger partial charge in [0.1, 0.15) is 0 Å². The summed E-state index contributed by atoms with van der Waals surface area (Å²) in [4.78, 5) is 11.8. The topological polar surface area (TPSA) is 72.8 Å². The number of nitrogens with one attached hydrogen (secondary N) is 1. The highest BCUT2D eigenvalue weighted by molar-refractivity contribution is 5.78. The molecule has 0 aliphatic carbocycles. The number of piperazine rings is 1. The molecule has 0 spiro atoms. The van der Waals surface area contributed by atoms with Crippen molar-refractivity contribution in [2.75, 3.05) is 19.6 Å². The molecule has 1 saturated heterocycles. The van der Waals surface area contributed by atoms with E-state index in [-0.39, 0.29) is 12.5 Å². The second-order valence-electron chi connectivity index (χ2n) is 2.11. The third-order valence-corrected chi connectivity index (χ3v) is 1.40. The van der Waals surface area contributed by atoms with Crippen LogP contribution in [-0.2, 0) is 4.79 Å². The van der Waals surface area contributed by atoms with Gasteiger partial charge in [0.05, 0.1) is 6.54 Å². The summed E-state index contributed by atoms with van der Waals surface area (Å²) < 4.78 is 0. The molecular weight excluding hydrogens is 136 g/mol. The highest BCUT2D eigenvalue weighted by Crippen LogP contribution is 1.96. The Morgan fingerprint density at radius 1 is 1.60 bits per heavy atom. The van der Waals surface area contributed by atoms with E-state index in [2.05, 4.69) is 5.32 Å². The summed E-state index contributed by atoms with van der Waals surface area (Å²) in [5.41, 5.74) is 0. The standard InChI is InChI=1S/C5H10N2O3/c8-4-3-6-1-2-7(4)5(9)10/h5-6,9-10H,1-3H2. The molecule has 1 heterocycles. The zero-order valence-electron chi connectivity index (χ0n) is 5.45. The molecule has 0 aromatic rings. The van der Waals surface area contributed by atoms with E-state index in [1.54, 1.807) is 0 Å². The zero-order chi connectivity index (χ0) is 7.56. The van der Waals surface area contributed by atoms with E-state index in [9.17, 15) is 4.79 Å². The molecule has 58 valence electrons. The number of rotatable bonds is 1. The number of carbonyl (C=O) groups excluding carboxylic acids is 1. The largest absolute Gasteiger partial charge is 0.351 e. The fraction of sp³-hybridized carbons (Fsp3) is 0.800. The molecule has 1 rings (SSSR count). The maximum absolute atomic E-state index is 10.8. The van der Waals surface area contributed by atoms with Crippen LogP contribution in [0, 0.1) is 0 Å². The van der Waals surface area contributed by atoms with Crippen molar-refractivity contribution in [3.05, 3.63) is 0 Å². The summed E-state index contributed by atoms with van der Waals surface area (Å²) in [7, 11) is 0. The Kier molecular flexibility index (Phi) is 2.21. The van der Waals surface area contributed by atoms with Crippen LogP contribution >= 0.6 is 0 Å². The lowest BCUT2D eigenvalue weighted by Crippen LogP contribution is -2.52. The number of amides is 1. The van der Waals surface area contributed by atoms with Crippen molar-refractivity contribution < 1.29 is 15.0 Å². The SMILES string of the molecule is O=C1CNCCN1C(O)O. The quantitative estimate of drug-likeness (QED) is 0.363. The van der Waals surface area contributed by atoms with Crippen molar-refractivity contribution in [2.45, 2.75) is 6.41 Å². The van der Waals surface area contributed by atoms with E-state index < -0.39 is 6.41 Å². The Balaban J connectivity index is 2.48. The average molecular weight is 146 g/mol. The summed E-state index contributed by atoms with van der Waals surface area (Å²) in [6, 6.07) is 0. The molecule has 1 amide bonds. The maximum atomic E-state index is 10.8. The summed E-state index contributed by atoms with van der Waals surface area (Å²) >= 11 is 0. The van der Waals surface area contributed by atoms with Crippen molar-refractivity contribution in [3.8, 4) is 0 Å². The lowest BCUT2D eigenvalue weighted by molar-refractivity contribution is -0.178. The molecule has 0 aromatic carbocycles. The smallest absolute Gasteiger partial charge is 0.240 e. The van der Waals surface area contributed by atoms with Crippen molar-refractivity contribution in [1.82, 2.24) is 10.2 Å². The number of carbonyl (C=O) groups is 1. The van der Waals surface area contributed by atoms with Crippen LogP contribution in [0.1, 0.15) is 0 Å². The van der Waals surface area contributed by atoms with Crippen LogP contribution in [0.25, 0.3) is 0 Å². The maximum Gasteiger partial charge on any atom is 0.240 e. The Labute approximate surface area is 58.3 Å². The van der Waals surface area contributed by atoms with Gasteiger partial charge in [-0.05, 0) is 0 Å². The predicted octanol–water partition coefficient (Wildman–Crippen LogP) is -2.31.